The standard InChI is InChI=1S/C16H14ClN3O3S/c1-11-5-4-6-12(9-11)24(21,22)18-10-15-19-20-16(23-15)13-7-2-3-8-14(13)17/h2-9,18H,10H2,1H3. The maximum absolute atomic E-state index is 12.3. The van der Waals surface area contributed by atoms with Gasteiger partial charge in [-0.25, -0.2) is 13.1 Å². The Labute approximate surface area is 144 Å². The lowest BCUT2D eigenvalue weighted by Crippen LogP contribution is -2.23. The summed E-state index contributed by atoms with van der Waals surface area (Å²) in [5.74, 6) is 0.395. The molecule has 3 rings (SSSR count). The summed E-state index contributed by atoms with van der Waals surface area (Å²) in [6.45, 7) is 1.72. The normalized spacial score (nSPS) is 11.6. The molecule has 1 N–H and O–H groups in total. The molecule has 6 nitrogen and oxygen atoms in total. The van der Waals surface area contributed by atoms with Gasteiger partial charge in [-0.3, -0.25) is 0 Å². The molecule has 124 valence electrons. The summed E-state index contributed by atoms with van der Waals surface area (Å²) in [7, 11) is -3.65. The highest BCUT2D eigenvalue weighted by Gasteiger charge is 2.17. The number of sulfonamides is 1. The topological polar surface area (TPSA) is 85.1 Å². The van der Waals surface area contributed by atoms with Crippen LogP contribution in [0.5, 0.6) is 0 Å². The molecule has 1 heterocycles. The molecule has 8 heteroatoms. The second-order valence-corrected chi connectivity index (χ2v) is 7.30. The molecular weight excluding hydrogens is 350 g/mol. The minimum Gasteiger partial charge on any atom is -0.419 e. The quantitative estimate of drug-likeness (QED) is 0.752. The second kappa shape index (κ2) is 6.72. The van der Waals surface area contributed by atoms with E-state index < -0.39 is 10.0 Å². The van der Waals surface area contributed by atoms with Crippen molar-refractivity contribution in [3.05, 3.63) is 65.0 Å². The van der Waals surface area contributed by atoms with Gasteiger partial charge in [0.1, 0.15) is 0 Å². The van der Waals surface area contributed by atoms with Crippen molar-refractivity contribution in [2.75, 3.05) is 0 Å². The van der Waals surface area contributed by atoms with Crippen molar-refractivity contribution in [3.63, 3.8) is 0 Å². The van der Waals surface area contributed by atoms with Crippen LogP contribution in [-0.4, -0.2) is 18.6 Å². The van der Waals surface area contributed by atoms with Crippen molar-refractivity contribution in [2.45, 2.75) is 18.4 Å². The summed E-state index contributed by atoms with van der Waals surface area (Å²) >= 11 is 6.07. The molecule has 0 amide bonds. The third-order valence-corrected chi connectivity index (χ3v) is 5.01. The van der Waals surface area contributed by atoms with E-state index in [0.29, 0.717) is 10.6 Å². The smallest absolute Gasteiger partial charge is 0.249 e. The zero-order valence-electron chi connectivity index (χ0n) is 12.7. The van der Waals surface area contributed by atoms with Gasteiger partial charge in [0.15, 0.2) is 0 Å². The SMILES string of the molecule is Cc1cccc(S(=O)(=O)NCc2nnc(-c3ccccc3Cl)o2)c1. The van der Waals surface area contributed by atoms with E-state index in [2.05, 4.69) is 14.9 Å². The number of benzene rings is 2. The van der Waals surface area contributed by atoms with E-state index in [0.717, 1.165) is 5.56 Å². The molecule has 3 aromatic rings. The maximum atomic E-state index is 12.3. The average Bonchev–Trinajstić information content (AvgIpc) is 3.02. The lowest BCUT2D eigenvalue weighted by molar-refractivity contribution is 0.494. The zero-order valence-corrected chi connectivity index (χ0v) is 14.3. The van der Waals surface area contributed by atoms with Crippen LogP contribution in [0, 0.1) is 6.92 Å². The van der Waals surface area contributed by atoms with Crippen LogP contribution >= 0.6 is 11.6 Å². The van der Waals surface area contributed by atoms with Gasteiger partial charge in [-0.15, -0.1) is 10.2 Å². The van der Waals surface area contributed by atoms with Gasteiger partial charge in [0.2, 0.25) is 21.8 Å². The van der Waals surface area contributed by atoms with E-state index in [-0.39, 0.29) is 23.2 Å². The molecule has 0 saturated heterocycles. The Kier molecular flexibility index (Phi) is 4.66. The van der Waals surface area contributed by atoms with E-state index >= 15 is 0 Å². The van der Waals surface area contributed by atoms with Crippen LogP contribution in [0.4, 0.5) is 0 Å². The summed E-state index contributed by atoms with van der Waals surface area (Å²) in [5, 5.41) is 8.22. The first kappa shape index (κ1) is 16.6. The third-order valence-electron chi connectivity index (χ3n) is 3.28. The summed E-state index contributed by atoms with van der Waals surface area (Å²) in [6, 6.07) is 13.7. The third kappa shape index (κ3) is 3.64. The van der Waals surface area contributed by atoms with Crippen LogP contribution < -0.4 is 4.72 Å². The molecule has 24 heavy (non-hydrogen) atoms. The summed E-state index contributed by atoms with van der Waals surface area (Å²) in [4.78, 5) is 0.188. The number of hydrogen-bond donors (Lipinski definition) is 1. The minimum atomic E-state index is -3.65. The van der Waals surface area contributed by atoms with Crippen molar-refractivity contribution in [1.29, 1.82) is 0 Å². The Morgan fingerprint density at radius 3 is 2.67 bits per heavy atom. The number of halogens is 1. The first-order chi connectivity index (χ1) is 11.5. The lowest BCUT2D eigenvalue weighted by Gasteiger charge is -2.05. The van der Waals surface area contributed by atoms with E-state index in [1.807, 2.05) is 13.0 Å². The predicted octanol–water partition coefficient (Wildman–Crippen LogP) is 3.18. The van der Waals surface area contributed by atoms with Gasteiger partial charge in [-0.2, -0.15) is 0 Å². The predicted molar refractivity (Wildman–Crippen MR) is 89.9 cm³/mol. The van der Waals surface area contributed by atoms with Gasteiger partial charge in [0.25, 0.3) is 0 Å². The lowest BCUT2D eigenvalue weighted by atomic mass is 10.2. The number of aromatic nitrogens is 2. The number of aryl methyl sites for hydroxylation is 1. The van der Waals surface area contributed by atoms with E-state index in [4.69, 9.17) is 16.0 Å². The molecule has 0 aliphatic carbocycles. The van der Waals surface area contributed by atoms with Crippen LogP contribution in [0.15, 0.2) is 57.8 Å². The fraction of sp³-hybridized carbons (Fsp3) is 0.125. The van der Waals surface area contributed by atoms with Gasteiger partial charge < -0.3 is 4.42 Å². The van der Waals surface area contributed by atoms with Crippen molar-refractivity contribution in [2.24, 2.45) is 0 Å². The molecule has 0 aliphatic heterocycles. The molecule has 0 bridgehead atoms. The summed E-state index contributed by atoms with van der Waals surface area (Å²) in [6.07, 6.45) is 0. The van der Waals surface area contributed by atoms with Crippen molar-refractivity contribution in [1.82, 2.24) is 14.9 Å². The first-order valence-electron chi connectivity index (χ1n) is 7.09. The van der Waals surface area contributed by atoms with Gasteiger partial charge in [0, 0.05) is 0 Å². The molecule has 1 aromatic heterocycles. The second-order valence-electron chi connectivity index (χ2n) is 5.12. The highest BCUT2D eigenvalue weighted by Crippen LogP contribution is 2.26. The molecule has 0 radical (unpaired) electrons. The number of rotatable bonds is 5. The Bertz CT molecular complexity index is 970. The van der Waals surface area contributed by atoms with Crippen LogP contribution in [-0.2, 0) is 16.6 Å². The van der Waals surface area contributed by atoms with Gasteiger partial charge in [-0.05, 0) is 36.8 Å². The van der Waals surface area contributed by atoms with E-state index in [1.54, 1.807) is 36.4 Å². The van der Waals surface area contributed by atoms with Crippen molar-refractivity contribution in [3.8, 4) is 11.5 Å². The molecule has 0 fully saturated rings. The van der Waals surface area contributed by atoms with Crippen molar-refractivity contribution < 1.29 is 12.8 Å². The number of hydrogen-bond acceptors (Lipinski definition) is 5. The number of nitrogens with one attached hydrogen (secondary N) is 1. The highest BCUT2D eigenvalue weighted by molar-refractivity contribution is 7.89. The first-order valence-corrected chi connectivity index (χ1v) is 8.95. The largest absolute Gasteiger partial charge is 0.419 e. The molecule has 0 aliphatic rings. The van der Waals surface area contributed by atoms with Gasteiger partial charge in [-0.1, -0.05) is 35.9 Å². The Hall–Kier alpha value is -2.22. The summed E-state index contributed by atoms with van der Waals surface area (Å²) < 4.78 is 32.4. The monoisotopic (exact) mass is 363 g/mol. The molecule has 0 unspecified atom stereocenters. The molecule has 0 atom stereocenters. The highest BCUT2D eigenvalue weighted by atomic mass is 35.5. The van der Waals surface area contributed by atoms with E-state index in [1.165, 1.54) is 6.07 Å². The van der Waals surface area contributed by atoms with Gasteiger partial charge >= 0.3 is 0 Å². The molecule has 2 aromatic carbocycles. The minimum absolute atomic E-state index is 0.103. The fourth-order valence-electron chi connectivity index (χ4n) is 2.09. The Morgan fingerprint density at radius 1 is 1.12 bits per heavy atom. The van der Waals surface area contributed by atoms with Crippen LogP contribution in [0.25, 0.3) is 11.5 Å². The zero-order chi connectivity index (χ0) is 17.2. The molecule has 0 spiro atoms. The molecular formula is C16H14ClN3O3S. The van der Waals surface area contributed by atoms with Crippen molar-refractivity contribution >= 4 is 21.6 Å². The maximum Gasteiger partial charge on any atom is 0.249 e. The fourth-order valence-corrected chi connectivity index (χ4v) is 3.39. The molecule has 0 saturated carbocycles. The van der Waals surface area contributed by atoms with Gasteiger partial charge in [0.05, 0.1) is 22.0 Å². The van der Waals surface area contributed by atoms with Crippen LogP contribution in [0.3, 0.4) is 0 Å². The Morgan fingerprint density at radius 2 is 1.92 bits per heavy atom. The average molecular weight is 364 g/mol. The summed E-state index contributed by atoms with van der Waals surface area (Å²) in [5.41, 5.74) is 1.45. The van der Waals surface area contributed by atoms with Crippen LogP contribution in [0.2, 0.25) is 5.02 Å². The Balaban J connectivity index is 1.75. The van der Waals surface area contributed by atoms with E-state index in [9.17, 15) is 8.42 Å². The number of nitrogens with zero attached hydrogens (tertiary/aromatic N) is 2. The van der Waals surface area contributed by atoms with Crippen LogP contribution in [0.1, 0.15) is 11.5 Å².